The Balaban J connectivity index is 1.58. The van der Waals surface area contributed by atoms with Gasteiger partial charge in [-0.15, -0.1) is 0 Å². The van der Waals surface area contributed by atoms with E-state index in [1.54, 1.807) is 7.11 Å². The third-order valence-electron chi connectivity index (χ3n) is 4.78. The number of hydrogen-bond donors (Lipinski definition) is 1. The first-order chi connectivity index (χ1) is 9.78. The molecule has 1 aromatic carbocycles. The number of para-hydroxylation sites is 1. The Morgan fingerprint density at radius 2 is 2.10 bits per heavy atom. The van der Waals surface area contributed by atoms with Crippen molar-refractivity contribution in [2.45, 2.75) is 38.3 Å². The number of methoxy groups -OCH3 is 1. The number of benzene rings is 1. The van der Waals surface area contributed by atoms with E-state index in [0.29, 0.717) is 6.04 Å². The van der Waals surface area contributed by atoms with E-state index in [2.05, 4.69) is 35.3 Å². The van der Waals surface area contributed by atoms with E-state index < -0.39 is 0 Å². The number of ether oxygens (including phenoxy) is 1. The molecular weight excluding hydrogens is 248 g/mol. The van der Waals surface area contributed by atoms with Crippen molar-refractivity contribution in [2.75, 3.05) is 26.7 Å². The maximum absolute atomic E-state index is 5.45. The highest BCUT2D eigenvalue weighted by Crippen LogP contribution is 2.34. The summed E-state index contributed by atoms with van der Waals surface area (Å²) in [5, 5.41) is 3.72. The van der Waals surface area contributed by atoms with Crippen molar-refractivity contribution >= 4 is 0 Å². The van der Waals surface area contributed by atoms with E-state index in [1.165, 1.54) is 24.9 Å². The average Bonchev–Trinajstić information content (AvgIpc) is 3.31. The van der Waals surface area contributed by atoms with Crippen LogP contribution in [0.3, 0.4) is 0 Å². The van der Waals surface area contributed by atoms with Crippen molar-refractivity contribution in [1.29, 1.82) is 0 Å². The second-order valence-corrected chi connectivity index (χ2v) is 6.26. The molecule has 2 fully saturated rings. The van der Waals surface area contributed by atoms with Crippen molar-refractivity contribution in [3.63, 3.8) is 0 Å². The molecule has 3 heteroatoms. The van der Waals surface area contributed by atoms with E-state index in [4.69, 9.17) is 4.74 Å². The number of nitrogens with one attached hydrogen (secondary N) is 1. The van der Waals surface area contributed by atoms with E-state index in [-0.39, 0.29) is 0 Å². The molecular formula is C17H26N2O. The molecule has 1 aliphatic carbocycles. The molecule has 110 valence electrons. The predicted octanol–water partition coefficient (Wildman–Crippen LogP) is 2.31. The Labute approximate surface area is 122 Å². The molecule has 1 heterocycles. The molecule has 0 spiro atoms. The van der Waals surface area contributed by atoms with Gasteiger partial charge in [-0.25, -0.2) is 0 Å². The maximum atomic E-state index is 5.45. The van der Waals surface area contributed by atoms with Gasteiger partial charge in [0.2, 0.25) is 0 Å². The van der Waals surface area contributed by atoms with Gasteiger partial charge in [0.15, 0.2) is 0 Å². The van der Waals surface area contributed by atoms with Gasteiger partial charge in [-0.1, -0.05) is 18.2 Å². The van der Waals surface area contributed by atoms with Gasteiger partial charge in [0, 0.05) is 31.7 Å². The number of rotatable bonds is 5. The third kappa shape index (κ3) is 3.15. The van der Waals surface area contributed by atoms with Crippen molar-refractivity contribution in [2.24, 2.45) is 5.92 Å². The lowest BCUT2D eigenvalue weighted by Crippen LogP contribution is -2.56. The Bertz CT molecular complexity index is 444. The van der Waals surface area contributed by atoms with Crippen LogP contribution in [0, 0.1) is 5.92 Å². The van der Waals surface area contributed by atoms with Gasteiger partial charge in [0.25, 0.3) is 0 Å². The van der Waals surface area contributed by atoms with Gasteiger partial charge in [0.1, 0.15) is 5.75 Å². The fourth-order valence-electron chi connectivity index (χ4n) is 3.25. The van der Waals surface area contributed by atoms with Gasteiger partial charge < -0.3 is 10.1 Å². The molecule has 1 aromatic rings. The van der Waals surface area contributed by atoms with Gasteiger partial charge in [-0.3, -0.25) is 4.90 Å². The summed E-state index contributed by atoms with van der Waals surface area (Å²) in [5.41, 5.74) is 1.32. The van der Waals surface area contributed by atoms with Crippen molar-refractivity contribution in [1.82, 2.24) is 10.2 Å². The highest BCUT2D eigenvalue weighted by atomic mass is 16.5. The second-order valence-electron chi connectivity index (χ2n) is 6.26. The van der Waals surface area contributed by atoms with Gasteiger partial charge in [-0.05, 0) is 43.7 Å². The number of nitrogens with zero attached hydrogens (tertiary/aromatic N) is 1. The minimum absolute atomic E-state index is 0.639. The quantitative estimate of drug-likeness (QED) is 0.892. The Hall–Kier alpha value is -1.06. The molecule has 1 saturated carbocycles. The Kier molecular flexibility index (Phi) is 4.27. The first-order valence-corrected chi connectivity index (χ1v) is 7.87. The standard InChI is InChI=1S/C17H26N2O/c1-13-11-18-16(14-7-8-14)12-19(13)10-9-15-5-3-4-6-17(15)20-2/h3-6,13-14,16,18H,7-12H2,1-2H3. The zero-order valence-electron chi connectivity index (χ0n) is 12.6. The molecule has 0 aromatic heterocycles. The van der Waals surface area contributed by atoms with Crippen LogP contribution < -0.4 is 10.1 Å². The molecule has 2 aliphatic rings. The van der Waals surface area contributed by atoms with Crippen molar-refractivity contribution in [3.05, 3.63) is 29.8 Å². The maximum Gasteiger partial charge on any atom is 0.122 e. The van der Waals surface area contributed by atoms with E-state index >= 15 is 0 Å². The van der Waals surface area contributed by atoms with E-state index in [0.717, 1.165) is 37.2 Å². The van der Waals surface area contributed by atoms with Crippen LogP contribution in [0.5, 0.6) is 5.75 Å². The number of hydrogen-bond acceptors (Lipinski definition) is 3. The van der Waals surface area contributed by atoms with Gasteiger partial charge in [-0.2, -0.15) is 0 Å². The van der Waals surface area contributed by atoms with Crippen LogP contribution in [0.1, 0.15) is 25.3 Å². The fraction of sp³-hybridized carbons (Fsp3) is 0.647. The van der Waals surface area contributed by atoms with E-state index in [1.807, 2.05) is 6.07 Å². The molecule has 3 rings (SSSR count). The highest BCUT2D eigenvalue weighted by Gasteiger charge is 2.35. The largest absolute Gasteiger partial charge is 0.496 e. The molecule has 0 radical (unpaired) electrons. The lowest BCUT2D eigenvalue weighted by Gasteiger charge is -2.39. The number of piperazine rings is 1. The lowest BCUT2D eigenvalue weighted by atomic mass is 10.0. The molecule has 1 saturated heterocycles. The summed E-state index contributed by atoms with van der Waals surface area (Å²) < 4.78 is 5.45. The van der Waals surface area contributed by atoms with Gasteiger partial charge >= 0.3 is 0 Å². The monoisotopic (exact) mass is 274 g/mol. The summed E-state index contributed by atoms with van der Waals surface area (Å²) >= 11 is 0. The van der Waals surface area contributed by atoms with Crippen LogP contribution >= 0.6 is 0 Å². The zero-order chi connectivity index (χ0) is 13.9. The Morgan fingerprint density at radius 1 is 1.30 bits per heavy atom. The Morgan fingerprint density at radius 3 is 2.85 bits per heavy atom. The smallest absolute Gasteiger partial charge is 0.122 e. The summed E-state index contributed by atoms with van der Waals surface area (Å²) in [6.45, 7) is 5.80. The van der Waals surface area contributed by atoms with Crippen LogP contribution in [0.2, 0.25) is 0 Å². The fourth-order valence-corrected chi connectivity index (χ4v) is 3.25. The molecule has 0 bridgehead atoms. The summed E-state index contributed by atoms with van der Waals surface area (Å²) in [7, 11) is 1.76. The summed E-state index contributed by atoms with van der Waals surface area (Å²) in [4.78, 5) is 2.64. The van der Waals surface area contributed by atoms with Crippen molar-refractivity contribution in [3.8, 4) is 5.75 Å². The normalized spacial score (nSPS) is 27.5. The van der Waals surface area contributed by atoms with Crippen LogP contribution in [0.15, 0.2) is 24.3 Å². The first-order valence-electron chi connectivity index (χ1n) is 7.87. The average molecular weight is 274 g/mol. The van der Waals surface area contributed by atoms with Crippen LogP contribution in [-0.2, 0) is 6.42 Å². The van der Waals surface area contributed by atoms with Crippen LogP contribution in [0.4, 0.5) is 0 Å². The predicted molar refractivity (Wildman–Crippen MR) is 82.2 cm³/mol. The molecule has 0 amide bonds. The molecule has 1 aliphatic heterocycles. The highest BCUT2D eigenvalue weighted by molar-refractivity contribution is 5.33. The van der Waals surface area contributed by atoms with Crippen LogP contribution in [-0.4, -0.2) is 43.7 Å². The third-order valence-corrected chi connectivity index (χ3v) is 4.78. The molecule has 2 atom stereocenters. The van der Waals surface area contributed by atoms with Gasteiger partial charge in [0.05, 0.1) is 7.11 Å². The van der Waals surface area contributed by atoms with Crippen LogP contribution in [0.25, 0.3) is 0 Å². The zero-order valence-corrected chi connectivity index (χ0v) is 12.6. The lowest BCUT2D eigenvalue weighted by molar-refractivity contribution is 0.134. The molecule has 3 nitrogen and oxygen atoms in total. The summed E-state index contributed by atoms with van der Waals surface area (Å²) in [6.07, 6.45) is 3.92. The first kappa shape index (κ1) is 13.9. The SMILES string of the molecule is COc1ccccc1CCN1CC(C2CC2)NCC1C. The minimum Gasteiger partial charge on any atom is -0.496 e. The summed E-state index contributed by atoms with van der Waals surface area (Å²) in [6, 6.07) is 9.75. The topological polar surface area (TPSA) is 24.5 Å². The molecule has 1 N–H and O–H groups in total. The molecule has 20 heavy (non-hydrogen) atoms. The van der Waals surface area contributed by atoms with Crippen molar-refractivity contribution < 1.29 is 4.74 Å². The summed E-state index contributed by atoms with van der Waals surface area (Å²) in [5.74, 6) is 1.96. The van der Waals surface area contributed by atoms with E-state index in [9.17, 15) is 0 Å². The molecule has 2 unspecified atom stereocenters. The second kappa shape index (κ2) is 6.15. The minimum atomic E-state index is 0.639.